The fourth-order valence-electron chi connectivity index (χ4n) is 5.58. The van der Waals surface area contributed by atoms with Crippen LogP contribution < -0.4 is 5.32 Å². The van der Waals surface area contributed by atoms with Crippen molar-refractivity contribution < 1.29 is 4.79 Å². The van der Waals surface area contributed by atoms with E-state index in [2.05, 4.69) is 10.4 Å². The molecule has 22 heavy (non-hydrogen) atoms. The minimum atomic E-state index is -0.304. The van der Waals surface area contributed by atoms with Gasteiger partial charge in [-0.25, -0.2) is 0 Å². The SMILES string of the molecule is CC(C(=O)NCC12CC3CC(CC(C3)C1)C2)n1cc(Cl)cn1. The van der Waals surface area contributed by atoms with Gasteiger partial charge in [0, 0.05) is 12.7 Å². The summed E-state index contributed by atoms with van der Waals surface area (Å²) in [5, 5.41) is 7.91. The molecule has 5 rings (SSSR count). The van der Waals surface area contributed by atoms with Crippen molar-refractivity contribution >= 4 is 17.5 Å². The predicted octanol–water partition coefficient (Wildman–Crippen LogP) is 3.43. The number of hydrogen-bond acceptors (Lipinski definition) is 2. The van der Waals surface area contributed by atoms with Crippen molar-refractivity contribution in [2.24, 2.45) is 23.2 Å². The van der Waals surface area contributed by atoms with Crippen LogP contribution in [0.4, 0.5) is 0 Å². The van der Waals surface area contributed by atoms with E-state index in [0.29, 0.717) is 10.4 Å². The molecule has 4 bridgehead atoms. The molecule has 1 amide bonds. The maximum atomic E-state index is 12.4. The molecule has 120 valence electrons. The highest BCUT2D eigenvalue weighted by Crippen LogP contribution is 2.59. The first-order chi connectivity index (χ1) is 10.5. The predicted molar refractivity (Wildman–Crippen MR) is 85.6 cm³/mol. The van der Waals surface area contributed by atoms with Crippen LogP contribution in [0, 0.1) is 23.2 Å². The summed E-state index contributed by atoms with van der Waals surface area (Å²) in [6.45, 7) is 2.72. The van der Waals surface area contributed by atoms with E-state index >= 15 is 0 Å². The van der Waals surface area contributed by atoms with E-state index in [1.54, 1.807) is 17.1 Å². The van der Waals surface area contributed by atoms with E-state index in [1.165, 1.54) is 38.5 Å². The van der Waals surface area contributed by atoms with Gasteiger partial charge in [-0.15, -0.1) is 0 Å². The normalized spacial score (nSPS) is 37.3. The third kappa shape index (κ3) is 2.55. The van der Waals surface area contributed by atoms with Crippen LogP contribution in [0.15, 0.2) is 12.4 Å². The van der Waals surface area contributed by atoms with Crippen LogP contribution >= 0.6 is 11.6 Å². The number of halogens is 1. The summed E-state index contributed by atoms with van der Waals surface area (Å²) in [5.74, 6) is 2.82. The first-order valence-electron chi connectivity index (χ1n) is 8.50. The fourth-order valence-corrected chi connectivity index (χ4v) is 5.72. The molecular formula is C17H24ClN3O. The van der Waals surface area contributed by atoms with Crippen molar-refractivity contribution in [1.29, 1.82) is 0 Å². The first-order valence-corrected chi connectivity index (χ1v) is 8.88. The van der Waals surface area contributed by atoms with Gasteiger partial charge in [0.2, 0.25) is 5.91 Å². The Hall–Kier alpha value is -1.03. The fraction of sp³-hybridized carbons (Fsp3) is 0.765. The zero-order valence-electron chi connectivity index (χ0n) is 13.1. The largest absolute Gasteiger partial charge is 0.354 e. The molecule has 1 unspecified atom stereocenters. The van der Waals surface area contributed by atoms with Crippen molar-refractivity contribution in [3.63, 3.8) is 0 Å². The molecule has 0 aliphatic heterocycles. The molecule has 1 atom stereocenters. The van der Waals surface area contributed by atoms with E-state index in [4.69, 9.17) is 11.6 Å². The van der Waals surface area contributed by atoms with Crippen LogP contribution in [0.3, 0.4) is 0 Å². The Bertz CT molecular complexity index is 547. The molecule has 0 spiro atoms. The molecule has 4 fully saturated rings. The average Bonchev–Trinajstić information content (AvgIpc) is 2.89. The Labute approximate surface area is 136 Å². The molecule has 5 heteroatoms. The van der Waals surface area contributed by atoms with Gasteiger partial charge in [-0.2, -0.15) is 5.10 Å². The summed E-state index contributed by atoms with van der Waals surface area (Å²) in [7, 11) is 0. The second-order valence-corrected chi connectivity index (χ2v) is 8.39. The number of nitrogens with one attached hydrogen (secondary N) is 1. The van der Waals surface area contributed by atoms with E-state index in [1.807, 2.05) is 6.92 Å². The smallest absolute Gasteiger partial charge is 0.244 e. The zero-order valence-corrected chi connectivity index (χ0v) is 13.9. The standard InChI is InChI=1S/C17H24ClN3O/c1-11(21-9-15(18)8-20-21)16(22)19-10-17-5-12-2-13(6-17)4-14(3-12)7-17/h8-9,11-14H,2-7,10H2,1H3,(H,19,22). The first kappa shape index (κ1) is 14.6. The lowest BCUT2D eigenvalue weighted by Crippen LogP contribution is -2.51. The number of nitrogens with zero attached hydrogens (tertiary/aromatic N) is 2. The molecule has 4 saturated carbocycles. The number of aromatic nitrogens is 2. The summed E-state index contributed by atoms with van der Waals surface area (Å²) in [6, 6.07) is -0.304. The minimum absolute atomic E-state index is 0.0514. The molecular weight excluding hydrogens is 298 g/mol. The Morgan fingerprint density at radius 1 is 1.36 bits per heavy atom. The Balaban J connectivity index is 1.39. The van der Waals surface area contributed by atoms with E-state index in [-0.39, 0.29) is 11.9 Å². The molecule has 0 aromatic carbocycles. The van der Waals surface area contributed by atoms with E-state index < -0.39 is 0 Å². The van der Waals surface area contributed by atoms with Crippen molar-refractivity contribution in [3.8, 4) is 0 Å². The third-order valence-electron chi connectivity index (χ3n) is 6.15. The lowest BCUT2D eigenvalue weighted by atomic mass is 9.49. The molecule has 1 aromatic heterocycles. The summed E-state index contributed by atoms with van der Waals surface area (Å²) in [5.41, 5.74) is 0.381. The van der Waals surface area contributed by atoms with Gasteiger partial charge in [-0.05, 0) is 68.6 Å². The van der Waals surface area contributed by atoms with E-state index in [0.717, 1.165) is 24.3 Å². The Morgan fingerprint density at radius 2 is 1.95 bits per heavy atom. The number of amides is 1. The summed E-state index contributed by atoms with van der Waals surface area (Å²) < 4.78 is 1.64. The van der Waals surface area contributed by atoms with Crippen molar-refractivity contribution in [2.45, 2.75) is 51.5 Å². The van der Waals surface area contributed by atoms with Crippen LogP contribution in [-0.4, -0.2) is 22.2 Å². The van der Waals surface area contributed by atoms with Gasteiger partial charge in [0.1, 0.15) is 6.04 Å². The molecule has 1 aromatic rings. The van der Waals surface area contributed by atoms with Crippen LogP contribution in [-0.2, 0) is 4.79 Å². The highest BCUT2D eigenvalue weighted by atomic mass is 35.5. The van der Waals surface area contributed by atoms with Gasteiger partial charge in [-0.3, -0.25) is 9.48 Å². The highest BCUT2D eigenvalue weighted by Gasteiger charge is 2.50. The second kappa shape index (κ2) is 5.26. The second-order valence-electron chi connectivity index (χ2n) is 7.95. The van der Waals surface area contributed by atoms with Gasteiger partial charge in [0.05, 0.1) is 11.2 Å². The number of rotatable bonds is 4. The summed E-state index contributed by atoms with van der Waals surface area (Å²) in [6.07, 6.45) is 11.6. The van der Waals surface area contributed by atoms with Gasteiger partial charge >= 0.3 is 0 Å². The van der Waals surface area contributed by atoms with Crippen molar-refractivity contribution in [2.75, 3.05) is 6.54 Å². The quantitative estimate of drug-likeness (QED) is 0.923. The number of carbonyl (C=O) groups is 1. The van der Waals surface area contributed by atoms with Crippen LogP contribution in [0.2, 0.25) is 5.02 Å². The molecule has 1 N–H and O–H groups in total. The molecule has 4 aliphatic rings. The Morgan fingerprint density at radius 3 is 2.45 bits per heavy atom. The summed E-state index contributed by atoms with van der Waals surface area (Å²) >= 11 is 5.88. The molecule has 1 heterocycles. The lowest BCUT2D eigenvalue weighted by Gasteiger charge is -2.57. The van der Waals surface area contributed by atoms with Gasteiger partial charge in [0.15, 0.2) is 0 Å². The van der Waals surface area contributed by atoms with Gasteiger partial charge in [-0.1, -0.05) is 11.6 Å². The van der Waals surface area contributed by atoms with Crippen molar-refractivity contribution in [3.05, 3.63) is 17.4 Å². The third-order valence-corrected chi connectivity index (χ3v) is 6.34. The number of carbonyl (C=O) groups excluding carboxylic acids is 1. The van der Waals surface area contributed by atoms with Crippen LogP contribution in [0.5, 0.6) is 0 Å². The van der Waals surface area contributed by atoms with Gasteiger partial charge < -0.3 is 5.32 Å². The minimum Gasteiger partial charge on any atom is -0.354 e. The average molecular weight is 322 g/mol. The molecule has 0 radical (unpaired) electrons. The lowest BCUT2D eigenvalue weighted by molar-refractivity contribution is -0.126. The topological polar surface area (TPSA) is 46.9 Å². The number of hydrogen-bond donors (Lipinski definition) is 1. The molecule has 4 aliphatic carbocycles. The Kier molecular flexibility index (Phi) is 3.48. The van der Waals surface area contributed by atoms with Crippen LogP contribution in [0.1, 0.15) is 51.5 Å². The van der Waals surface area contributed by atoms with Crippen molar-refractivity contribution in [1.82, 2.24) is 15.1 Å². The molecule has 4 nitrogen and oxygen atoms in total. The maximum absolute atomic E-state index is 12.4. The van der Waals surface area contributed by atoms with Crippen LogP contribution in [0.25, 0.3) is 0 Å². The maximum Gasteiger partial charge on any atom is 0.244 e. The van der Waals surface area contributed by atoms with Gasteiger partial charge in [0.25, 0.3) is 0 Å². The molecule has 0 saturated heterocycles. The zero-order chi connectivity index (χ0) is 15.3. The van der Waals surface area contributed by atoms with E-state index in [9.17, 15) is 4.79 Å². The summed E-state index contributed by atoms with van der Waals surface area (Å²) in [4.78, 5) is 12.4. The monoisotopic (exact) mass is 321 g/mol. The highest BCUT2D eigenvalue weighted by molar-refractivity contribution is 6.30.